The maximum absolute atomic E-state index is 3.73. The van der Waals surface area contributed by atoms with E-state index in [1.807, 2.05) is 6.08 Å². The van der Waals surface area contributed by atoms with Gasteiger partial charge >= 0.3 is 90.1 Å². The van der Waals surface area contributed by atoms with Crippen molar-refractivity contribution in [1.29, 1.82) is 0 Å². The fourth-order valence-corrected chi connectivity index (χ4v) is 2.81. The molecule has 13 heavy (non-hydrogen) atoms. The van der Waals surface area contributed by atoms with Crippen LogP contribution in [0.4, 0.5) is 0 Å². The Kier molecular flexibility index (Phi) is 12.5. The van der Waals surface area contributed by atoms with Crippen molar-refractivity contribution in [2.75, 3.05) is 0 Å². The molecule has 0 saturated carbocycles. The van der Waals surface area contributed by atoms with Gasteiger partial charge in [-0.3, -0.25) is 0 Å². The fourth-order valence-electron chi connectivity index (χ4n) is 1.34. The molecule has 0 unspecified atom stereocenters. The molecule has 0 aromatic carbocycles. The Hall–Kier alpha value is 0.259. The number of unbranched alkanes of at least 4 members (excludes halogenated alkanes) is 6. The predicted molar refractivity (Wildman–Crippen MR) is 63.6 cm³/mol. The van der Waals surface area contributed by atoms with E-state index in [9.17, 15) is 0 Å². The zero-order chi connectivity index (χ0) is 9.78. The molecular weight excluding hydrogens is 223 g/mol. The van der Waals surface area contributed by atoms with Crippen molar-refractivity contribution >= 4 is 15.0 Å². The Labute approximate surface area is 90.3 Å². The summed E-state index contributed by atoms with van der Waals surface area (Å²) in [5.74, 6) is 0. The van der Waals surface area contributed by atoms with Crippen molar-refractivity contribution in [1.82, 2.24) is 0 Å². The average Bonchev–Trinajstić information content (AvgIpc) is 2.16. The molecule has 0 aliphatic rings. The van der Waals surface area contributed by atoms with Gasteiger partial charge in [0.2, 0.25) is 0 Å². The molecule has 0 N–H and O–H groups in total. The first-order valence-electron chi connectivity index (χ1n) is 5.60. The molecule has 0 aromatic rings. The molecular formula is C12H24Se. The Morgan fingerprint density at radius 3 is 2.23 bits per heavy atom. The van der Waals surface area contributed by atoms with Gasteiger partial charge in [-0.05, 0) is 0 Å². The first kappa shape index (κ1) is 13.3. The quantitative estimate of drug-likeness (QED) is 0.303. The number of rotatable bonds is 10. The van der Waals surface area contributed by atoms with E-state index >= 15 is 0 Å². The van der Waals surface area contributed by atoms with Gasteiger partial charge in [-0.2, -0.15) is 0 Å². The second kappa shape index (κ2) is 12.3. The van der Waals surface area contributed by atoms with Gasteiger partial charge in [-0.1, -0.05) is 0 Å². The van der Waals surface area contributed by atoms with Crippen LogP contribution < -0.4 is 0 Å². The SMILES string of the molecule is C=CCCCCCCCC[Se]CC. The summed E-state index contributed by atoms with van der Waals surface area (Å²) in [6.45, 7) is 6.03. The van der Waals surface area contributed by atoms with Crippen LogP contribution in [0, 0.1) is 0 Å². The summed E-state index contributed by atoms with van der Waals surface area (Å²) in [5, 5.41) is 2.93. The van der Waals surface area contributed by atoms with Gasteiger partial charge in [-0.25, -0.2) is 0 Å². The van der Waals surface area contributed by atoms with Crippen molar-refractivity contribution in [2.45, 2.75) is 62.5 Å². The number of hydrogen-bond donors (Lipinski definition) is 0. The van der Waals surface area contributed by atoms with E-state index in [2.05, 4.69) is 13.5 Å². The molecule has 0 radical (unpaired) electrons. The third-order valence-corrected chi connectivity index (χ3v) is 4.22. The zero-order valence-electron chi connectivity index (χ0n) is 9.06. The van der Waals surface area contributed by atoms with Gasteiger partial charge in [0, 0.05) is 0 Å². The summed E-state index contributed by atoms with van der Waals surface area (Å²) in [6, 6.07) is 0. The predicted octanol–water partition coefficient (Wildman–Crippen LogP) is 4.46. The van der Waals surface area contributed by atoms with Crippen molar-refractivity contribution in [3.8, 4) is 0 Å². The molecule has 0 nitrogen and oxygen atoms in total. The molecule has 0 spiro atoms. The molecule has 0 fully saturated rings. The van der Waals surface area contributed by atoms with Crippen LogP contribution >= 0.6 is 0 Å². The summed E-state index contributed by atoms with van der Waals surface area (Å²) in [5.41, 5.74) is 0. The molecule has 0 atom stereocenters. The molecule has 0 aliphatic heterocycles. The molecule has 0 bridgehead atoms. The standard InChI is InChI=1S/C12H24Se/c1-3-5-6-7-8-9-10-11-12-13-4-2/h3H,1,4-12H2,2H3. The van der Waals surface area contributed by atoms with E-state index in [-0.39, 0.29) is 0 Å². The van der Waals surface area contributed by atoms with Crippen molar-refractivity contribution in [3.63, 3.8) is 0 Å². The van der Waals surface area contributed by atoms with Crippen LogP contribution in [0.3, 0.4) is 0 Å². The second-order valence-electron chi connectivity index (χ2n) is 3.40. The molecule has 1 heteroatoms. The molecule has 78 valence electrons. The molecule has 0 aromatic heterocycles. The Morgan fingerprint density at radius 2 is 1.62 bits per heavy atom. The number of hydrogen-bond acceptors (Lipinski definition) is 0. The van der Waals surface area contributed by atoms with E-state index < -0.39 is 0 Å². The van der Waals surface area contributed by atoms with Crippen LogP contribution in [0.1, 0.15) is 51.9 Å². The van der Waals surface area contributed by atoms with Gasteiger partial charge in [0.15, 0.2) is 0 Å². The third kappa shape index (κ3) is 12.3. The van der Waals surface area contributed by atoms with E-state index in [0.717, 1.165) is 15.0 Å². The van der Waals surface area contributed by atoms with Gasteiger partial charge in [-0.15, -0.1) is 0 Å². The van der Waals surface area contributed by atoms with Crippen LogP contribution in [0.25, 0.3) is 0 Å². The van der Waals surface area contributed by atoms with Crippen molar-refractivity contribution in [3.05, 3.63) is 12.7 Å². The summed E-state index contributed by atoms with van der Waals surface area (Å²) in [6.07, 6.45) is 11.8. The van der Waals surface area contributed by atoms with Gasteiger partial charge in [0.25, 0.3) is 0 Å². The normalized spacial score (nSPS) is 10.2. The Balaban J connectivity index is 2.79. The van der Waals surface area contributed by atoms with Crippen molar-refractivity contribution < 1.29 is 0 Å². The van der Waals surface area contributed by atoms with Crippen LogP contribution in [0.2, 0.25) is 10.6 Å². The van der Waals surface area contributed by atoms with Gasteiger partial charge in [0.1, 0.15) is 0 Å². The second-order valence-corrected chi connectivity index (χ2v) is 6.32. The van der Waals surface area contributed by atoms with E-state index in [1.54, 1.807) is 0 Å². The summed E-state index contributed by atoms with van der Waals surface area (Å²) >= 11 is 0.947. The molecule has 0 rings (SSSR count). The zero-order valence-corrected chi connectivity index (χ0v) is 10.8. The van der Waals surface area contributed by atoms with Gasteiger partial charge < -0.3 is 0 Å². The summed E-state index contributed by atoms with van der Waals surface area (Å²) in [4.78, 5) is 0. The van der Waals surface area contributed by atoms with E-state index in [4.69, 9.17) is 0 Å². The monoisotopic (exact) mass is 248 g/mol. The van der Waals surface area contributed by atoms with Crippen LogP contribution in [0.15, 0.2) is 12.7 Å². The third-order valence-electron chi connectivity index (χ3n) is 2.15. The molecule has 0 amide bonds. The molecule has 0 aliphatic carbocycles. The minimum absolute atomic E-state index is 0.947. The number of allylic oxidation sites excluding steroid dienone is 1. The van der Waals surface area contributed by atoms with Crippen LogP contribution in [-0.4, -0.2) is 15.0 Å². The summed E-state index contributed by atoms with van der Waals surface area (Å²) < 4.78 is 0. The van der Waals surface area contributed by atoms with Crippen LogP contribution in [0.5, 0.6) is 0 Å². The van der Waals surface area contributed by atoms with Crippen LogP contribution in [-0.2, 0) is 0 Å². The summed E-state index contributed by atoms with van der Waals surface area (Å²) in [7, 11) is 0. The maximum atomic E-state index is 3.73. The van der Waals surface area contributed by atoms with E-state index in [1.165, 1.54) is 55.6 Å². The molecule has 0 heterocycles. The first-order valence-corrected chi connectivity index (χ1v) is 8.02. The fraction of sp³-hybridized carbons (Fsp3) is 0.833. The van der Waals surface area contributed by atoms with Crippen molar-refractivity contribution in [2.24, 2.45) is 0 Å². The van der Waals surface area contributed by atoms with Gasteiger partial charge in [0.05, 0.1) is 0 Å². The Bertz CT molecular complexity index is 99.3. The Morgan fingerprint density at radius 1 is 1.00 bits per heavy atom. The van der Waals surface area contributed by atoms with E-state index in [0.29, 0.717) is 0 Å². The first-order chi connectivity index (χ1) is 6.41. The topological polar surface area (TPSA) is 0 Å². The molecule has 0 saturated heterocycles. The average molecular weight is 247 g/mol. The minimum atomic E-state index is 0.947.